The fourth-order valence-electron chi connectivity index (χ4n) is 2.89. The Balaban J connectivity index is 2.23. The van der Waals surface area contributed by atoms with Crippen LogP contribution in [0.3, 0.4) is 0 Å². The van der Waals surface area contributed by atoms with Gasteiger partial charge in [0.1, 0.15) is 0 Å². The first-order chi connectivity index (χ1) is 12.3. The minimum Gasteiger partial charge on any atom is -0.352 e. The Hall–Kier alpha value is -2.48. The van der Waals surface area contributed by atoms with Crippen LogP contribution in [0.5, 0.6) is 0 Å². The molecule has 0 atom stereocenters. The topological polar surface area (TPSA) is 84.2 Å². The summed E-state index contributed by atoms with van der Waals surface area (Å²) >= 11 is 5.35. The van der Waals surface area contributed by atoms with Crippen LogP contribution in [-0.4, -0.2) is 31.6 Å². The number of rotatable bonds is 5. The van der Waals surface area contributed by atoms with Crippen LogP contribution in [0, 0.1) is 16.6 Å². The van der Waals surface area contributed by atoms with E-state index in [0.29, 0.717) is 46.0 Å². The number of amides is 1. The van der Waals surface area contributed by atoms with Gasteiger partial charge in [0.25, 0.3) is 11.5 Å². The number of aromatic amines is 1. The number of benzene rings is 1. The van der Waals surface area contributed by atoms with Crippen LogP contribution >= 0.6 is 12.2 Å². The molecule has 0 aliphatic carbocycles. The van der Waals surface area contributed by atoms with E-state index in [9.17, 15) is 9.59 Å². The van der Waals surface area contributed by atoms with Gasteiger partial charge in [-0.3, -0.25) is 18.6 Å². The first-order valence-corrected chi connectivity index (χ1v) is 9.12. The molecule has 8 heteroatoms. The molecule has 0 aliphatic heterocycles. The molecule has 2 heterocycles. The highest BCUT2D eigenvalue weighted by Crippen LogP contribution is 2.16. The van der Waals surface area contributed by atoms with Crippen molar-refractivity contribution in [1.82, 2.24) is 24.5 Å². The van der Waals surface area contributed by atoms with E-state index in [4.69, 9.17) is 12.2 Å². The van der Waals surface area contributed by atoms with Gasteiger partial charge in [0.2, 0.25) is 10.5 Å². The Kier molecular flexibility index (Phi) is 4.95. The average Bonchev–Trinajstić information content (AvgIpc) is 2.97. The largest absolute Gasteiger partial charge is 0.352 e. The molecule has 0 saturated heterocycles. The van der Waals surface area contributed by atoms with Gasteiger partial charge in [0, 0.05) is 18.7 Å². The smallest absolute Gasteiger partial charge is 0.262 e. The Morgan fingerprint density at radius 2 is 2.00 bits per heavy atom. The minimum absolute atomic E-state index is 0.135. The van der Waals surface area contributed by atoms with Crippen LogP contribution in [0.1, 0.15) is 38.1 Å². The van der Waals surface area contributed by atoms with E-state index in [0.717, 1.165) is 0 Å². The quantitative estimate of drug-likeness (QED) is 0.674. The maximum absolute atomic E-state index is 12.9. The highest BCUT2D eigenvalue weighted by atomic mass is 32.1. The molecule has 138 valence electrons. The molecule has 0 radical (unpaired) electrons. The summed E-state index contributed by atoms with van der Waals surface area (Å²) in [7, 11) is 0. The summed E-state index contributed by atoms with van der Waals surface area (Å²) in [5.74, 6) is 0.924. The maximum atomic E-state index is 12.9. The molecular weight excluding hydrogens is 350 g/mol. The van der Waals surface area contributed by atoms with E-state index < -0.39 is 0 Å². The van der Waals surface area contributed by atoms with Crippen LogP contribution in [-0.2, 0) is 6.54 Å². The summed E-state index contributed by atoms with van der Waals surface area (Å²) in [6.45, 7) is 9.27. The monoisotopic (exact) mass is 373 g/mol. The highest BCUT2D eigenvalue weighted by molar-refractivity contribution is 7.71. The lowest BCUT2D eigenvalue weighted by molar-refractivity contribution is 0.0949. The second-order valence-electron chi connectivity index (χ2n) is 7.31. The molecule has 0 aliphatic rings. The summed E-state index contributed by atoms with van der Waals surface area (Å²) in [6, 6.07) is 5.06. The Labute approximate surface area is 156 Å². The van der Waals surface area contributed by atoms with E-state index in [1.807, 2.05) is 27.7 Å². The Morgan fingerprint density at radius 3 is 2.65 bits per heavy atom. The number of nitrogens with zero attached hydrogens (tertiary/aromatic N) is 3. The molecule has 3 aromatic rings. The van der Waals surface area contributed by atoms with Crippen molar-refractivity contribution in [2.24, 2.45) is 11.8 Å². The van der Waals surface area contributed by atoms with Crippen LogP contribution in [0.2, 0.25) is 0 Å². The third kappa shape index (κ3) is 3.29. The minimum atomic E-state index is -0.171. The number of nitrogens with one attached hydrogen (secondary N) is 2. The standard InChI is InChI=1S/C18H23N5O2S/c1-10(2)8-19-15(24)12-5-6-13-14(7-12)23-17(20-21-18(23)26)22(16(13)25)9-11(3)4/h5-7,10-11H,8-9H2,1-4H3,(H,19,24)(H,21,26). The van der Waals surface area contributed by atoms with Gasteiger partial charge < -0.3 is 5.32 Å². The fraction of sp³-hybridized carbons (Fsp3) is 0.444. The van der Waals surface area contributed by atoms with Crippen molar-refractivity contribution in [3.05, 3.63) is 38.9 Å². The third-order valence-electron chi connectivity index (χ3n) is 4.09. The Bertz CT molecular complexity index is 1090. The SMILES string of the molecule is CC(C)CNC(=O)c1ccc2c(=O)n(CC(C)C)c3n[nH]c(=S)n3c2c1. The van der Waals surface area contributed by atoms with Gasteiger partial charge in [-0.25, -0.2) is 5.10 Å². The highest BCUT2D eigenvalue weighted by Gasteiger charge is 2.16. The predicted molar refractivity (Wildman–Crippen MR) is 104 cm³/mol. The number of carbonyl (C=O) groups excluding carboxylic acids is 1. The number of aromatic nitrogens is 4. The van der Waals surface area contributed by atoms with Crippen molar-refractivity contribution in [2.45, 2.75) is 34.2 Å². The zero-order valence-electron chi connectivity index (χ0n) is 15.4. The first kappa shape index (κ1) is 18.3. The maximum Gasteiger partial charge on any atom is 0.262 e. The van der Waals surface area contributed by atoms with Crippen molar-refractivity contribution in [3.8, 4) is 0 Å². The molecule has 1 amide bonds. The number of fused-ring (bicyclic) bond motifs is 3. The molecule has 26 heavy (non-hydrogen) atoms. The van der Waals surface area contributed by atoms with Crippen molar-refractivity contribution >= 4 is 34.8 Å². The summed E-state index contributed by atoms with van der Waals surface area (Å²) in [5, 5.41) is 10.4. The zero-order valence-corrected chi connectivity index (χ0v) is 16.2. The second-order valence-corrected chi connectivity index (χ2v) is 7.70. The van der Waals surface area contributed by atoms with Gasteiger partial charge in [0.15, 0.2) is 0 Å². The molecule has 7 nitrogen and oxygen atoms in total. The molecule has 0 spiro atoms. The molecule has 0 bridgehead atoms. The van der Waals surface area contributed by atoms with Crippen molar-refractivity contribution in [1.29, 1.82) is 0 Å². The van der Waals surface area contributed by atoms with Crippen LogP contribution in [0.15, 0.2) is 23.0 Å². The first-order valence-electron chi connectivity index (χ1n) is 8.71. The lowest BCUT2D eigenvalue weighted by Gasteiger charge is -2.13. The van der Waals surface area contributed by atoms with E-state index in [2.05, 4.69) is 15.5 Å². The summed E-state index contributed by atoms with van der Waals surface area (Å²) in [4.78, 5) is 25.3. The number of H-pyrrole nitrogens is 1. The van der Waals surface area contributed by atoms with Gasteiger partial charge in [-0.2, -0.15) is 0 Å². The van der Waals surface area contributed by atoms with Crippen molar-refractivity contribution in [2.75, 3.05) is 6.54 Å². The van der Waals surface area contributed by atoms with E-state index in [1.54, 1.807) is 27.2 Å². The lowest BCUT2D eigenvalue weighted by Crippen LogP contribution is -2.28. The molecule has 1 aromatic carbocycles. The molecule has 0 saturated carbocycles. The number of hydrogen-bond acceptors (Lipinski definition) is 4. The van der Waals surface area contributed by atoms with Gasteiger partial charge in [-0.05, 0) is 42.3 Å². The van der Waals surface area contributed by atoms with E-state index >= 15 is 0 Å². The summed E-state index contributed by atoms with van der Waals surface area (Å²) in [5.41, 5.74) is 0.939. The molecular formula is C18H23N5O2S. The van der Waals surface area contributed by atoms with Crippen LogP contribution in [0.25, 0.3) is 16.7 Å². The van der Waals surface area contributed by atoms with Crippen LogP contribution in [0.4, 0.5) is 0 Å². The lowest BCUT2D eigenvalue weighted by atomic mass is 10.1. The van der Waals surface area contributed by atoms with Gasteiger partial charge in [-0.1, -0.05) is 27.7 Å². The van der Waals surface area contributed by atoms with Crippen LogP contribution < -0.4 is 10.9 Å². The average molecular weight is 373 g/mol. The fourth-order valence-corrected chi connectivity index (χ4v) is 3.12. The van der Waals surface area contributed by atoms with E-state index in [-0.39, 0.29) is 17.4 Å². The molecule has 0 unspecified atom stereocenters. The molecule has 2 N–H and O–H groups in total. The van der Waals surface area contributed by atoms with Gasteiger partial charge >= 0.3 is 0 Å². The normalized spacial score (nSPS) is 11.8. The third-order valence-corrected chi connectivity index (χ3v) is 4.36. The Morgan fingerprint density at radius 1 is 1.27 bits per heavy atom. The summed E-state index contributed by atoms with van der Waals surface area (Å²) in [6.07, 6.45) is 0. The molecule has 0 fully saturated rings. The number of hydrogen-bond donors (Lipinski definition) is 2. The van der Waals surface area contributed by atoms with Crippen molar-refractivity contribution in [3.63, 3.8) is 0 Å². The van der Waals surface area contributed by atoms with Gasteiger partial charge in [0.05, 0.1) is 10.9 Å². The molecule has 2 aromatic heterocycles. The van der Waals surface area contributed by atoms with Crippen molar-refractivity contribution < 1.29 is 4.79 Å². The molecule has 3 rings (SSSR count). The van der Waals surface area contributed by atoms with Gasteiger partial charge in [-0.15, -0.1) is 5.10 Å². The van der Waals surface area contributed by atoms with E-state index in [1.165, 1.54) is 0 Å². The number of carbonyl (C=O) groups is 1. The zero-order chi connectivity index (χ0) is 19.0. The summed E-state index contributed by atoms with van der Waals surface area (Å²) < 4.78 is 3.73. The second kappa shape index (κ2) is 7.03. The predicted octanol–water partition coefficient (Wildman–Crippen LogP) is 2.75.